The number of hydrogen-bond acceptors (Lipinski definition) is 3. The smallest absolute Gasteiger partial charge is 0.212 e. The van der Waals surface area contributed by atoms with Crippen molar-refractivity contribution in [1.82, 2.24) is 0 Å². The molecule has 2 saturated carbocycles. The van der Waals surface area contributed by atoms with E-state index >= 15 is 0 Å². The molecule has 5 heteroatoms. The summed E-state index contributed by atoms with van der Waals surface area (Å²) < 4.78 is 21.8. The zero-order valence-corrected chi connectivity index (χ0v) is 7.85. The summed E-state index contributed by atoms with van der Waals surface area (Å²) in [4.78, 5) is 0. The van der Waals surface area contributed by atoms with Gasteiger partial charge in [-0.3, -0.25) is 0 Å². The van der Waals surface area contributed by atoms with Crippen LogP contribution < -0.4 is 0 Å². The van der Waals surface area contributed by atoms with Crippen LogP contribution in [0, 0.1) is 29.1 Å². The Morgan fingerprint density at radius 1 is 1.33 bits per heavy atom. The molecule has 0 N–H and O–H groups in total. The maximum atomic E-state index is 10.9. The van der Waals surface area contributed by atoms with E-state index in [4.69, 9.17) is 15.9 Å². The first kappa shape index (κ1) is 8.33. The van der Waals surface area contributed by atoms with Crippen molar-refractivity contribution < 1.29 is 8.42 Å². The fourth-order valence-electron chi connectivity index (χ4n) is 2.21. The molecule has 12 heavy (non-hydrogen) atoms. The molecule has 3 nitrogen and oxygen atoms in total. The van der Waals surface area contributed by atoms with E-state index in [2.05, 4.69) is 6.07 Å². The van der Waals surface area contributed by atoms with Crippen molar-refractivity contribution in [3.8, 4) is 6.07 Å². The summed E-state index contributed by atoms with van der Waals surface area (Å²) in [7, 11) is 1.83. The van der Waals surface area contributed by atoms with Crippen molar-refractivity contribution in [2.24, 2.45) is 17.8 Å². The minimum absolute atomic E-state index is 0.111. The van der Waals surface area contributed by atoms with Gasteiger partial charge in [0.15, 0.2) is 0 Å². The van der Waals surface area contributed by atoms with Gasteiger partial charge in [0.05, 0.1) is 17.2 Å². The highest BCUT2D eigenvalue weighted by atomic mass is 35.7. The second-order valence-electron chi connectivity index (χ2n) is 3.55. The van der Waals surface area contributed by atoms with Crippen molar-refractivity contribution in [2.45, 2.75) is 18.1 Å². The molecule has 0 bridgehead atoms. The third kappa shape index (κ3) is 1.12. The highest BCUT2D eigenvalue weighted by molar-refractivity contribution is 8.14. The summed E-state index contributed by atoms with van der Waals surface area (Å²) in [5.41, 5.74) is 0. The summed E-state index contributed by atoms with van der Waals surface area (Å²) in [6.45, 7) is 0. The normalized spacial score (nSPS) is 45.0. The molecule has 0 radical (unpaired) electrons. The molecule has 2 rings (SSSR count). The monoisotopic (exact) mass is 205 g/mol. The van der Waals surface area contributed by atoms with Gasteiger partial charge < -0.3 is 0 Å². The number of nitriles is 1. The fourth-order valence-corrected chi connectivity index (χ4v) is 3.55. The lowest BCUT2D eigenvalue weighted by Gasteiger charge is -2.06. The molecule has 0 heterocycles. The Morgan fingerprint density at radius 2 is 1.83 bits per heavy atom. The van der Waals surface area contributed by atoms with Crippen LogP contribution in [-0.4, -0.2) is 13.7 Å². The molecule has 0 aliphatic heterocycles. The van der Waals surface area contributed by atoms with Crippen molar-refractivity contribution in [3.63, 3.8) is 0 Å². The molecule has 2 aliphatic rings. The van der Waals surface area contributed by atoms with Crippen LogP contribution in [-0.2, 0) is 9.05 Å². The highest BCUT2D eigenvalue weighted by Gasteiger charge is 2.58. The second-order valence-corrected chi connectivity index (χ2v) is 6.46. The average Bonchev–Trinajstić information content (AvgIpc) is 2.39. The first-order valence-corrected chi connectivity index (χ1v) is 6.24. The lowest BCUT2D eigenvalue weighted by Crippen LogP contribution is -2.14. The largest absolute Gasteiger partial charge is 0.235 e. The van der Waals surface area contributed by atoms with E-state index in [9.17, 15) is 8.42 Å². The quantitative estimate of drug-likeness (QED) is 0.603. The first-order chi connectivity index (χ1) is 5.54. The summed E-state index contributed by atoms with van der Waals surface area (Å²) in [5, 5.41) is 8.18. The number of halogens is 1. The van der Waals surface area contributed by atoms with Crippen LogP contribution >= 0.6 is 10.7 Å². The van der Waals surface area contributed by atoms with E-state index in [0.717, 1.165) is 0 Å². The molecule has 4 atom stereocenters. The van der Waals surface area contributed by atoms with E-state index in [-0.39, 0.29) is 5.92 Å². The topological polar surface area (TPSA) is 57.9 Å². The predicted octanol–water partition coefficient (Wildman–Crippen LogP) is 1.10. The molecular weight excluding hydrogens is 198 g/mol. The minimum Gasteiger partial charge on any atom is -0.212 e. The summed E-state index contributed by atoms with van der Waals surface area (Å²) in [5.74, 6) is 0.738. The van der Waals surface area contributed by atoms with Gasteiger partial charge >= 0.3 is 0 Å². The van der Waals surface area contributed by atoms with Gasteiger partial charge in [0.1, 0.15) is 0 Å². The minimum atomic E-state index is -3.37. The first-order valence-electron chi connectivity index (χ1n) is 3.87. The van der Waals surface area contributed by atoms with Crippen LogP contribution in [0.1, 0.15) is 12.8 Å². The summed E-state index contributed by atoms with van der Waals surface area (Å²) in [6, 6.07) is 2.18. The van der Waals surface area contributed by atoms with E-state index in [1.165, 1.54) is 0 Å². The zero-order valence-electron chi connectivity index (χ0n) is 6.27. The van der Waals surface area contributed by atoms with Gasteiger partial charge in [-0.25, -0.2) is 8.42 Å². The van der Waals surface area contributed by atoms with Crippen LogP contribution in [0.2, 0.25) is 0 Å². The van der Waals surface area contributed by atoms with Crippen molar-refractivity contribution in [3.05, 3.63) is 0 Å². The fraction of sp³-hybridized carbons (Fsp3) is 0.857. The van der Waals surface area contributed by atoms with Gasteiger partial charge in [0.2, 0.25) is 9.05 Å². The predicted molar refractivity (Wildman–Crippen MR) is 43.9 cm³/mol. The van der Waals surface area contributed by atoms with Gasteiger partial charge in [-0.1, -0.05) is 0 Å². The Bertz CT molecular complexity index is 333. The maximum absolute atomic E-state index is 10.9. The van der Waals surface area contributed by atoms with Crippen LogP contribution in [0.15, 0.2) is 0 Å². The zero-order chi connectivity index (χ0) is 8.93. The lowest BCUT2D eigenvalue weighted by atomic mass is 10.2. The van der Waals surface area contributed by atoms with Gasteiger partial charge in [0, 0.05) is 10.7 Å². The van der Waals surface area contributed by atoms with Crippen molar-refractivity contribution >= 4 is 19.7 Å². The van der Waals surface area contributed by atoms with Crippen LogP contribution in [0.5, 0.6) is 0 Å². The van der Waals surface area contributed by atoms with Crippen LogP contribution in [0.3, 0.4) is 0 Å². The summed E-state index contributed by atoms with van der Waals surface area (Å²) in [6.07, 6.45) is 1.18. The third-order valence-electron chi connectivity index (χ3n) is 2.95. The van der Waals surface area contributed by atoms with E-state index in [1.807, 2.05) is 0 Å². The van der Waals surface area contributed by atoms with E-state index in [0.29, 0.717) is 24.7 Å². The van der Waals surface area contributed by atoms with Gasteiger partial charge in [-0.05, 0) is 24.7 Å². The van der Waals surface area contributed by atoms with E-state index < -0.39 is 14.3 Å². The molecule has 0 amide bonds. The van der Waals surface area contributed by atoms with Gasteiger partial charge in [0.25, 0.3) is 0 Å². The Labute approximate surface area is 75.7 Å². The Hall–Kier alpha value is -0.270. The number of hydrogen-bond donors (Lipinski definition) is 0. The standard InChI is InChI=1S/C7H8ClNO2S/c8-12(10,11)4-1-5-6(2-4)7(5)3-9/h4-7H,1-2H2/t4?,5-,6+,7?. The van der Waals surface area contributed by atoms with E-state index in [1.54, 1.807) is 0 Å². The van der Waals surface area contributed by atoms with Crippen molar-refractivity contribution in [1.29, 1.82) is 5.26 Å². The molecule has 0 aromatic rings. The second kappa shape index (κ2) is 2.36. The summed E-state index contributed by atoms with van der Waals surface area (Å²) >= 11 is 0. The molecule has 2 aliphatic carbocycles. The van der Waals surface area contributed by atoms with Gasteiger partial charge in [-0.2, -0.15) is 5.26 Å². The molecule has 0 aromatic carbocycles. The van der Waals surface area contributed by atoms with Crippen molar-refractivity contribution in [2.75, 3.05) is 0 Å². The Kier molecular flexibility index (Phi) is 1.64. The molecule has 2 fully saturated rings. The molecule has 0 spiro atoms. The van der Waals surface area contributed by atoms with Crippen LogP contribution in [0.25, 0.3) is 0 Å². The highest BCUT2D eigenvalue weighted by Crippen LogP contribution is 2.58. The molecule has 0 saturated heterocycles. The maximum Gasteiger partial charge on any atom is 0.235 e. The SMILES string of the molecule is N#CC1[C@H]2CC(S(=O)(=O)Cl)C[C@@H]12. The van der Waals surface area contributed by atoms with Gasteiger partial charge in [-0.15, -0.1) is 0 Å². The Balaban J connectivity index is 2.04. The molecule has 0 aromatic heterocycles. The molecule has 66 valence electrons. The number of fused-ring (bicyclic) bond motifs is 1. The third-order valence-corrected chi connectivity index (χ3v) is 4.89. The lowest BCUT2D eigenvalue weighted by molar-refractivity contribution is 0.576. The number of rotatable bonds is 1. The van der Waals surface area contributed by atoms with Crippen LogP contribution in [0.4, 0.5) is 0 Å². The Morgan fingerprint density at radius 3 is 2.17 bits per heavy atom. The molecular formula is C7H8ClNO2S. The molecule has 2 unspecified atom stereocenters. The average molecular weight is 206 g/mol. The number of nitrogens with zero attached hydrogens (tertiary/aromatic N) is 1.